The van der Waals surface area contributed by atoms with E-state index in [-0.39, 0.29) is 35.4 Å². The molecule has 7 nitrogen and oxygen atoms in total. The maximum Gasteiger partial charge on any atom is 0.420 e. The van der Waals surface area contributed by atoms with Gasteiger partial charge in [0.1, 0.15) is 17.2 Å². The van der Waals surface area contributed by atoms with Crippen molar-refractivity contribution in [3.05, 3.63) is 83.5 Å². The number of carbonyl (C=O) groups is 2. The average molecular weight is 514 g/mol. The minimum Gasteiger partial charge on any atom is -0.472 e. The fourth-order valence-corrected chi connectivity index (χ4v) is 4.71. The summed E-state index contributed by atoms with van der Waals surface area (Å²) in [5, 5.41) is 2.61. The summed E-state index contributed by atoms with van der Waals surface area (Å²) < 4.78 is 62.2. The zero-order chi connectivity index (χ0) is 26.3. The van der Waals surface area contributed by atoms with Gasteiger partial charge in [-0.2, -0.15) is 13.2 Å². The topological polar surface area (TPSA) is 79.8 Å². The second kappa shape index (κ2) is 9.38. The van der Waals surface area contributed by atoms with Crippen molar-refractivity contribution in [1.82, 2.24) is 19.6 Å². The number of pyridine rings is 1. The lowest BCUT2D eigenvalue weighted by molar-refractivity contribution is -0.136. The number of imidazole rings is 1. The van der Waals surface area contributed by atoms with Crippen LogP contribution in [0.3, 0.4) is 0 Å². The van der Waals surface area contributed by atoms with Crippen molar-refractivity contribution in [3.63, 3.8) is 0 Å². The maximum atomic E-state index is 14.1. The van der Waals surface area contributed by atoms with Crippen LogP contribution in [0.2, 0.25) is 0 Å². The van der Waals surface area contributed by atoms with Crippen molar-refractivity contribution in [2.75, 3.05) is 13.1 Å². The summed E-state index contributed by atoms with van der Waals surface area (Å²) in [4.78, 5) is 30.5. The first kappa shape index (κ1) is 24.5. The highest BCUT2D eigenvalue weighted by Crippen LogP contribution is 2.38. The number of halogens is 4. The number of benzene rings is 1. The van der Waals surface area contributed by atoms with E-state index in [9.17, 15) is 27.2 Å². The number of hydrogen-bond acceptors (Lipinski definition) is 4. The second-order valence-corrected chi connectivity index (χ2v) is 8.95. The molecule has 0 radical (unpaired) electrons. The van der Waals surface area contributed by atoms with E-state index >= 15 is 0 Å². The largest absolute Gasteiger partial charge is 0.472 e. The molecule has 1 atom stereocenters. The van der Waals surface area contributed by atoms with E-state index in [1.165, 1.54) is 53.1 Å². The molecule has 1 aliphatic rings. The van der Waals surface area contributed by atoms with Crippen LogP contribution in [-0.4, -0.2) is 39.2 Å². The van der Waals surface area contributed by atoms with Gasteiger partial charge in [0.2, 0.25) is 5.91 Å². The Bertz CT molecular complexity index is 1480. The number of hydrogen-bond donors (Lipinski definition) is 1. The van der Waals surface area contributed by atoms with Crippen molar-refractivity contribution < 1.29 is 31.6 Å². The number of furan rings is 1. The summed E-state index contributed by atoms with van der Waals surface area (Å²) in [6.45, 7) is 1.85. The van der Waals surface area contributed by atoms with E-state index in [4.69, 9.17) is 4.42 Å². The van der Waals surface area contributed by atoms with Crippen LogP contribution in [0, 0.1) is 5.82 Å². The smallest absolute Gasteiger partial charge is 0.420 e. The molecule has 0 bridgehead atoms. The Hall–Kier alpha value is -4.15. The molecule has 0 spiro atoms. The quantitative estimate of drug-likeness (QED) is 0.380. The molecule has 5 rings (SSSR count). The third kappa shape index (κ3) is 4.81. The molecule has 4 heterocycles. The Morgan fingerprint density at radius 2 is 2.03 bits per heavy atom. The molecule has 3 aromatic heterocycles. The van der Waals surface area contributed by atoms with Crippen molar-refractivity contribution in [3.8, 4) is 11.1 Å². The van der Waals surface area contributed by atoms with Crippen LogP contribution in [0.1, 0.15) is 46.6 Å². The van der Waals surface area contributed by atoms with E-state index in [2.05, 4.69) is 10.3 Å². The predicted molar refractivity (Wildman–Crippen MR) is 125 cm³/mol. The molecule has 4 aromatic rings. The Morgan fingerprint density at radius 1 is 1.22 bits per heavy atom. The van der Waals surface area contributed by atoms with Crippen molar-refractivity contribution in [2.45, 2.75) is 32.0 Å². The normalized spacial score (nSPS) is 15.9. The molecule has 1 unspecified atom stereocenters. The van der Waals surface area contributed by atoms with Gasteiger partial charge in [-0.15, -0.1) is 0 Å². The SMILES string of the molecule is CC(=O)NCc1c(-c2ccoc2)cc(C(F)(F)F)c2nc(C(=O)N3CCC(c4cccc(F)c4)C3)cn12. The van der Waals surface area contributed by atoms with Gasteiger partial charge >= 0.3 is 6.18 Å². The van der Waals surface area contributed by atoms with Gasteiger partial charge in [0.15, 0.2) is 0 Å². The zero-order valence-corrected chi connectivity index (χ0v) is 19.7. The lowest BCUT2D eigenvalue weighted by Crippen LogP contribution is -2.28. The van der Waals surface area contributed by atoms with Crippen molar-refractivity contribution in [2.24, 2.45) is 0 Å². The number of likely N-dealkylation sites (tertiary alicyclic amines) is 1. The predicted octanol–water partition coefficient (Wildman–Crippen LogP) is 5.02. The molecule has 1 fully saturated rings. The highest BCUT2D eigenvalue weighted by Gasteiger charge is 2.37. The van der Waals surface area contributed by atoms with E-state index < -0.39 is 23.3 Å². The van der Waals surface area contributed by atoms with Gasteiger partial charge in [0.25, 0.3) is 5.91 Å². The van der Waals surface area contributed by atoms with Gasteiger partial charge < -0.3 is 19.0 Å². The Kier molecular flexibility index (Phi) is 6.22. The molecule has 11 heteroatoms. The van der Waals surface area contributed by atoms with E-state index in [1.54, 1.807) is 12.1 Å². The van der Waals surface area contributed by atoms with Gasteiger partial charge in [-0.25, -0.2) is 9.37 Å². The van der Waals surface area contributed by atoms with Crippen molar-refractivity contribution in [1.29, 1.82) is 0 Å². The highest BCUT2D eigenvalue weighted by molar-refractivity contribution is 5.93. The number of nitrogens with zero attached hydrogens (tertiary/aromatic N) is 3. The third-order valence-corrected chi connectivity index (χ3v) is 6.49. The van der Waals surface area contributed by atoms with Crippen LogP contribution in [0.4, 0.5) is 17.6 Å². The van der Waals surface area contributed by atoms with E-state index in [1.807, 2.05) is 0 Å². The summed E-state index contributed by atoms with van der Waals surface area (Å²) in [6, 6.07) is 8.61. The third-order valence-electron chi connectivity index (χ3n) is 6.49. The van der Waals surface area contributed by atoms with Gasteiger partial charge in [-0.3, -0.25) is 9.59 Å². The molecular formula is C26H22F4N4O3. The number of fused-ring (bicyclic) bond motifs is 1. The van der Waals surface area contributed by atoms with Crippen molar-refractivity contribution >= 4 is 17.5 Å². The van der Waals surface area contributed by atoms with Crippen LogP contribution < -0.4 is 5.32 Å². The lowest BCUT2D eigenvalue weighted by atomic mass is 9.98. The Labute approximate surface area is 208 Å². The standard InChI is InChI=1S/C26H22F4N4O3/c1-15(35)31-11-23-20(18-6-8-37-14-18)10-21(26(28,29)30)24-32-22(13-34(23)24)25(36)33-7-5-17(12-33)16-3-2-4-19(27)9-16/h2-4,6,8-10,13-14,17H,5,7,11-12H2,1H3,(H,31,35). The number of nitrogens with one attached hydrogen (secondary N) is 1. The minimum atomic E-state index is -4.76. The maximum absolute atomic E-state index is 14.1. The van der Waals surface area contributed by atoms with Gasteiger partial charge in [-0.1, -0.05) is 12.1 Å². The Morgan fingerprint density at radius 3 is 2.70 bits per heavy atom. The number of alkyl halides is 3. The highest BCUT2D eigenvalue weighted by atomic mass is 19.4. The minimum absolute atomic E-state index is 0.0922. The first-order chi connectivity index (χ1) is 17.6. The molecule has 192 valence electrons. The summed E-state index contributed by atoms with van der Waals surface area (Å²) >= 11 is 0. The van der Waals surface area contributed by atoms with E-state index in [0.717, 1.165) is 11.6 Å². The molecule has 0 saturated carbocycles. The molecule has 1 aliphatic heterocycles. The van der Waals surface area contributed by atoms with E-state index in [0.29, 0.717) is 30.8 Å². The Balaban J connectivity index is 1.56. The summed E-state index contributed by atoms with van der Waals surface area (Å²) in [6.07, 6.45) is -0.259. The first-order valence-electron chi connectivity index (χ1n) is 11.6. The van der Waals surface area contributed by atoms with Gasteiger partial charge in [0, 0.05) is 43.3 Å². The molecule has 0 aliphatic carbocycles. The van der Waals surface area contributed by atoms with Crippen LogP contribution >= 0.6 is 0 Å². The van der Waals surface area contributed by atoms with Crippen LogP contribution in [-0.2, 0) is 17.5 Å². The number of amides is 2. The fraction of sp³-hybridized carbons (Fsp3) is 0.269. The van der Waals surface area contributed by atoms with Gasteiger partial charge in [0.05, 0.1) is 30.3 Å². The molecule has 1 saturated heterocycles. The number of rotatable bonds is 5. The molecule has 1 aromatic carbocycles. The molecular weight excluding hydrogens is 492 g/mol. The molecule has 2 amide bonds. The molecule has 37 heavy (non-hydrogen) atoms. The fourth-order valence-electron chi connectivity index (χ4n) is 4.71. The average Bonchev–Trinajstić information content (AvgIpc) is 3.61. The van der Waals surface area contributed by atoms with Crippen LogP contribution in [0.5, 0.6) is 0 Å². The lowest BCUT2D eigenvalue weighted by Gasteiger charge is -2.16. The second-order valence-electron chi connectivity index (χ2n) is 8.95. The molecule has 1 N–H and O–H groups in total. The zero-order valence-electron chi connectivity index (χ0n) is 19.7. The van der Waals surface area contributed by atoms with Crippen LogP contribution in [0.25, 0.3) is 16.8 Å². The summed E-state index contributed by atoms with van der Waals surface area (Å²) in [7, 11) is 0. The monoisotopic (exact) mass is 514 g/mol. The number of carbonyl (C=O) groups excluding carboxylic acids is 2. The first-order valence-corrected chi connectivity index (χ1v) is 11.6. The summed E-state index contributed by atoms with van der Waals surface area (Å²) in [5.41, 5.74) is 0.0200. The van der Waals surface area contributed by atoms with Gasteiger partial charge in [-0.05, 0) is 36.2 Å². The number of aromatic nitrogens is 2. The summed E-state index contributed by atoms with van der Waals surface area (Å²) in [5.74, 6) is -1.36. The van der Waals surface area contributed by atoms with Crippen LogP contribution in [0.15, 0.2) is 59.5 Å².